The Labute approximate surface area is 169 Å². The molecule has 6 nitrogen and oxygen atoms in total. The van der Waals surface area contributed by atoms with Gasteiger partial charge in [-0.15, -0.1) is 0 Å². The number of hydrogen-bond donors (Lipinski definition) is 2. The molecular weight excluding hydrogens is 364 g/mol. The van der Waals surface area contributed by atoms with Gasteiger partial charge < -0.3 is 10.1 Å². The first kappa shape index (κ1) is 17.9. The molecule has 2 aromatic carbocycles. The summed E-state index contributed by atoms with van der Waals surface area (Å²) >= 11 is 0. The van der Waals surface area contributed by atoms with E-state index in [4.69, 9.17) is 4.74 Å². The van der Waals surface area contributed by atoms with E-state index in [1.165, 1.54) is 25.7 Å². The highest BCUT2D eigenvalue weighted by Crippen LogP contribution is 2.38. The van der Waals surface area contributed by atoms with Crippen LogP contribution in [0.5, 0.6) is 5.75 Å². The van der Waals surface area contributed by atoms with Crippen molar-refractivity contribution >= 4 is 11.6 Å². The molecule has 0 unspecified atom stereocenters. The van der Waals surface area contributed by atoms with Crippen molar-refractivity contribution in [2.45, 2.75) is 50.5 Å². The third-order valence-electron chi connectivity index (χ3n) is 5.57. The molecule has 0 aliphatic heterocycles. The molecule has 1 heterocycles. The van der Waals surface area contributed by atoms with E-state index in [0.717, 1.165) is 35.7 Å². The second-order valence-electron chi connectivity index (χ2n) is 7.90. The number of H-pyrrole nitrogens is 1. The van der Waals surface area contributed by atoms with Gasteiger partial charge in [-0.1, -0.05) is 12.1 Å². The number of benzene rings is 2. The maximum absolute atomic E-state index is 12.6. The average molecular weight is 388 g/mol. The lowest BCUT2D eigenvalue weighted by Crippen LogP contribution is -2.13. The fraction of sp³-hybridized carbons (Fsp3) is 0.348. The highest BCUT2D eigenvalue weighted by atomic mass is 16.5. The number of nitrogens with one attached hydrogen (secondary N) is 2. The Morgan fingerprint density at radius 1 is 1.03 bits per heavy atom. The van der Waals surface area contributed by atoms with Crippen molar-refractivity contribution in [3.63, 3.8) is 0 Å². The summed E-state index contributed by atoms with van der Waals surface area (Å²) < 4.78 is 5.97. The van der Waals surface area contributed by atoms with Gasteiger partial charge in [-0.2, -0.15) is 5.10 Å². The van der Waals surface area contributed by atoms with Gasteiger partial charge >= 0.3 is 0 Å². The molecule has 0 saturated heterocycles. The van der Waals surface area contributed by atoms with Crippen LogP contribution >= 0.6 is 0 Å². The van der Waals surface area contributed by atoms with E-state index in [0.29, 0.717) is 23.4 Å². The van der Waals surface area contributed by atoms with Gasteiger partial charge in [0.25, 0.3) is 5.91 Å². The normalized spacial score (nSPS) is 16.7. The zero-order valence-electron chi connectivity index (χ0n) is 16.2. The first-order valence-corrected chi connectivity index (χ1v) is 10.4. The van der Waals surface area contributed by atoms with Gasteiger partial charge in [0.1, 0.15) is 11.6 Å². The third kappa shape index (κ3) is 4.16. The SMILES string of the molecule is O=C(Nc1cccc(-c2n[nH]c(C3CC3)n2)c1)c1ccc(OC2CCCC2)cc1. The van der Waals surface area contributed by atoms with E-state index in [2.05, 4.69) is 20.5 Å². The van der Waals surface area contributed by atoms with Gasteiger partial charge in [0.2, 0.25) is 0 Å². The average Bonchev–Trinajstić information content (AvgIpc) is 3.24. The molecule has 148 valence electrons. The van der Waals surface area contributed by atoms with E-state index in [1.807, 2.05) is 36.4 Å². The monoisotopic (exact) mass is 388 g/mol. The molecule has 0 atom stereocenters. The molecule has 3 aromatic rings. The molecular formula is C23H24N4O2. The minimum Gasteiger partial charge on any atom is -0.490 e. The number of hydrogen-bond acceptors (Lipinski definition) is 4. The van der Waals surface area contributed by atoms with Crippen LogP contribution in [0.4, 0.5) is 5.69 Å². The topological polar surface area (TPSA) is 79.9 Å². The number of nitrogens with zero attached hydrogens (tertiary/aromatic N) is 2. The summed E-state index contributed by atoms with van der Waals surface area (Å²) in [5.74, 6) is 2.82. The number of amides is 1. The van der Waals surface area contributed by atoms with Crippen LogP contribution in [0.25, 0.3) is 11.4 Å². The molecule has 2 aliphatic carbocycles. The molecule has 2 aliphatic rings. The predicted molar refractivity (Wildman–Crippen MR) is 111 cm³/mol. The molecule has 0 spiro atoms. The largest absolute Gasteiger partial charge is 0.490 e. The van der Waals surface area contributed by atoms with Crippen molar-refractivity contribution in [2.75, 3.05) is 5.32 Å². The molecule has 1 amide bonds. The summed E-state index contributed by atoms with van der Waals surface area (Å²) in [6.45, 7) is 0. The molecule has 5 rings (SSSR count). The van der Waals surface area contributed by atoms with Crippen LogP contribution in [-0.4, -0.2) is 27.2 Å². The zero-order valence-corrected chi connectivity index (χ0v) is 16.2. The number of carbonyl (C=O) groups is 1. The minimum atomic E-state index is -0.150. The summed E-state index contributed by atoms with van der Waals surface area (Å²) in [5.41, 5.74) is 2.20. The van der Waals surface area contributed by atoms with Crippen molar-refractivity contribution in [2.24, 2.45) is 0 Å². The van der Waals surface area contributed by atoms with Gasteiger partial charge in [0.05, 0.1) is 6.10 Å². The highest BCUT2D eigenvalue weighted by molar-refractivity contribution is 6.04. The van der Waals surface area contributed by atoms with E-state index < -0.39 is 0 Å². The molecule has 29 heavy (non-hydrogen) atoms. The summed E-state index contributed by atoms with van der Waals surface area (Å²) in [7, 11) is 0. The Morgan fingerprint density at radius 2 is 1.83 bits per heavy atom. The van der Waals surface area contributed by atoms with Crippen LogP contribution in [0.2, 0.25) is 0 Å². The van der Waals surface area contributed by atoms with Crippen molar-refractivity contribution in [1.29, 1.82) is 0 Å². The Bertz CT molecular complexity index is 1000. The van der Waals surface area contributed by atoms with Gasteiger partial charge in [-0.25, -0.2) is 4.98 Å². The first-order chi connectivity index (χ1) is 14.2. The molecule has 6 heteroatoms. The van der Waals surface area contributed by atoms with Gasteiger partial charge in [-0.05, 0) is 74.9 Å². The fourth-order valence-corrected chi connectivity index (χ4v) is 3.77. The predicted octanol–water partition coefficient (Wildman–Crippen LogP) is 4.92. The Morgan fingerprint density at radius 3 is 2.59 bits per heavy atom. The van der Waals surface area contributed by atoms with E-state index in [-0.39, 0.29) is 5.91 Å². The van der Waals surface area contributed by atoms with Gasteiger partial charge in [0, 0.05) is 22.7 Å². The third-order valence-corrected chi connectivity index (χ3v) is 5.57. The lowest BCUT2D eigenvalue weighted by atomic mass is 10.1. The summed E-state index contributed by atoms with van der Waals surface area (Å²) in [6.07, 6.45) is 7.37. The number of aromatic nitrogens is 3. The lowest BCUT2D eigenvalue weighted by molar-refractivity contribution is 0.102. The smallest absolute Gasteiger partial charge is 0.255 e. The molecule has 1 aromatic heterocycles. The van der Waals surface area contributed by atoms with E-state index >= 15 is 0 Å². The quantitative estimate of drug-likeness (QED) is 0.628. The molecule has 2 N–H and O–H groups in total. The summed E-state index contributed by atoms with van der Waals surface area (Å²) in [4.78, 5) is 17.2. The Balaban J connectivity index is 1.25. The second-order valence-corrected chi connectivity index (χ2v) is 7.90. The van der Waals surface area contributed by atoms with Crippen LogP contribution in [0, 0.1) is 0 Å². The number of rotatable bonds is 6. The molecule has 0 bridgehead atoms. The van der Waals surface area contributed by atoms with Crippen LogP contribution in [0.1, 0.15) is 60.6 Å². The molecule has 2 fully saturated rings. The standard InChI is InChI=1S/C23H24N4O2/c28-23(16-10-12-20(13-11-16)29-19-6-1-2-7-19)24-18-5-3-4-17(14-18)22-25-21(26-27-22)15-8-9-15/h3-5,10-15,19H,1-2,6-9H2,(H,24,28)(H,25,26,27). The zero-order chi connectivity index (χ0) is 19.6. The van der Waals surface area contributed by atoms with E-state index in [1.54, 1.807) is 12.1 Å². The fourth-order valence-electron chi connectivity index (χ4n) is 3.77. The van der Waals surface area contributed by atoms with Crippen molar-refractivity contribution in [3.05, 3.63) is 59.9 Å². The van der Waals surface area contributed by atoms with Gasteiger partial charge in [0.15, 0.2) is 5.82 Å². The van der Waals surface area contributed by atoms with Crippen LogP contribution in [0.15, 0.2) is 48.5 Å². The van der Waals surface area contributed by atoms with Crippen LogP contribution in [-0.2, 0) is 0 Å². The number of anilines is 1. The molecule has 0 radical (unpaired) electrons. The number of ether oxygens (including phenoxy) is 1. The lowest BCUT2D eigenvalue weighted by Gasteiger charge is -2.13. The Kier molecular flexibility index (Phi) is 4.76. The maximum atomic E-state index is 12.6. The van der Waals surface area contributed by atoms with E-state index in [9.17, 15) is 4.79 Å². The van der Waals surface area contributed by atoms with Crippen molar-refractivity contribution < 1.29 is 9.53 Å². The number of aromatic amines is 1. The van der Waals surface area contributed by atoms with Crippen molar-refractivity contribution in [1.82, 2.24) is 15.2 Å². The highest BCUT2D eigenvalue weighted by Gasteiger charge is 2.27. The van der Waals surface area contributed by atoms with Crippen LogP contribution in [0.3, 0.4) is 0 Å². The second kappa shape index (κ2) is 7.70. The molecule has 2 saturated carbocycles. The summed E-state index contributed by atoms with van der Waals surface area (Å²) in [5, 5.41) is 10.3. The summed E-state index contributed by atoms with van der Waals surface area (Å²) in [6, 6.07) is 15.0. The first-order valence-electron chi connectivity index (χ1n) is 10.4. The minimum absolute atomic E-state index is 0.150. The van der Waals surface area contributed by atoms with Crippen LogP contribution < -0.4 is 10.1 Å². The Hall–Kier alpha value is -3.15. The van der Waals surface area contributed by atoms with Crippen molar-refractivity contribution in [3.8, 4) is 17.1 Å². The number of carbonyl (C=O) groups excluding carboxylic acids is 1. The maximum Gasteiger partial charge on any atom is 0.255 e. The van der Waals surface area contributed by atoms with Gasteiger partial charge in [-0.3, -0.25) is 9.89 Å².